The first-order valence-corrected chi connectivity index (χ1v) is 12.6. The zero-order valence-electron chi connectivity index (χ0n) is 21.5. The fraction of sp³-hybridized carbons (Fsp3) is 0.538. The van der Waals surface area contributed by atoms with E-state index in [9.17, 15) is 14.4 Å². The van der Waals surface area contributed by atoms with E-state index in [0.29, 0.717) is 39.0 Å². The van der Waals surface area contributed by atoms with E-state index in [1.54, 1.807) is 52.2 Å². The normalized spacial score (nSPS) is 18.9. The maximum absolute atomic E-state index is 13.6. The molecule has 194 valence electrons. The molecular weight excluding hydrogens is 484 g/mol. The van der Waals surface area contributed by atoms with Gasteiger partial charge in [0.25, 0.3) is 5.56 Å². The van der Waals surface area contributed by atoms with E-state index in [1.165, 1.54) is 0 Å². The van der Waals surface area contributed by atoms with Gasteiger partial charge in [-0.25, -0.2) is 4.79 Å². The average Bonchev–Trinajstić information content (AvgIpc) is 3.14. The molecule has 2 aromatic heterocycles. The Balaban J connectivity index is 1.60. The second kappa shape index (κ2) is 9.42. The molecular formula is C26H33ClN4O5. The van der Waals surface area contributed by atoms with Gasteiger partial charge in [-0.2, -0.15) is 0 Å². The van der Waals surface area contributed by atoms with Crippen molar-refractivity contribution < 1.29 is 18.8 Å². The summed E-state index contributed by atoms with van der Waals surface area (Å²) in [5.74, 6) is 0.130. The first kappa shape index (κ1) is 26.0. The molecule has 36 heavy (non-hydrogen) atoms. The van der Waals surface area contributed by atoms with Crippen molar-refractivity contribution in [1.29, 1.82) is 0 Å². The van der Waals surface area contributed by atoms with Crippen LogP contribution < -0.4 is 16.2 Å². The van der Waals surface area contributed by atoms with Gasteiger partial charge >= 0.3 is 6.09 Å². The lowest BCUT2D eigenvalue weighted by atomic mass is 9.89. The molecule has 2 N–H and O–H groups in total. The number of nitrogens with zero attached hydrogens (tertiary/aromatic N) is 2. The van der Waals surface area contributed by atoms with Crippen molar-refractivity contribution in [3.05, 3.63) is 39.3 Å². The van der Waals surface area contributed by atoms with E-state index in [1.807, 2.05) is 12.1 Å². The number of carbonyl (C=O) groups excluding carboxylic acids is 2. The Morgan fingerprint density at radius 1 is 1.17 bits per heavy atom. The molecule has 1 aliphatic rings. The lowest BCUT2D eigenvalue weighted by Gasteiger charge is -2.34. The van der Waals surface area contributed by atoms with Crippen LogP contribution in [0.4, 0.5) is 4.79 Å². The molecule has 2 amide bonds. The van der Waals surface area contributed by atoms with Crippen LogP contribution in [0.25, 0.3) is 21.8 Å². The Bertz CT molecular complexity index is 1380. The van der Waals surface area contributed by atoms with Crippen LogP contribution in [0.2, 0.25) is 5.02 Å². The van der Waals surface area contributed by atoms with Gasteiger partial charge in [0.05, 0.1) is 10.5 Å². The van der Waals surface area contributed by atoms with Crippen molar-refractivity contribution in [2.24, 2.45) is 0 Å². The lowest BCUT2D eigenvalue weighted by molar-refractivity contribution is -0.127. The first-order chi connectivity index (χ1) is 16.8. The van der Waals surface area contributed by atoms with Gasteiger partial charge in [0.2, 0.25) is 5.91 Å². The summed E-state index contributed by atoms with van der Waals surface area (Å²) in [5.41, 5.74) is -0.870. The molecule has 2 atom stereocenters. The molecule has 1 saturated carbocycles. The summed E-state index contributed by atoms with van der Waals surface area (Å²) in [6, 6.07) is 5.12. The predicted octanol–water partition coefficient (Wildman–Crippen LogP) is 5.01. The number of hydrogen-bond acceptors (Lipinski definition) is 6. The Labute approximate surface area is 214 Å². The maximum atomic E-state index is 13.6. The van der Waals surface area contributed by atoms with Gasteiger partial charge in [-0.05, 0) is 79.4 Å². The number of nitrogens with one attached hydrogen (secondary N) is 2. The fourth-order valence-electron chi connectivity index (χ4n) is 4.85. The highest BCUT2D eigenvalue weighted by molar-refractivity contribution is 6.37. The minimum absolute atomic E-state index is 0.154. The van der Waals surface area contributed by atoms with Crippen molar-refractivity contribution in [1.82, 2.24) is 20.4 Å². The van der Waals surface area contributed by atoms with Crippen LogP contribution in [0.5, 0.6) is 0 Å². The van der Waals surface area contributed by atoms with Crippen LogP contribution >= 0.6 is 11.6 Å². The van der Waals surface area contributed by atoms with Crippen LogP contribution in [0.1, 0.15) is 72.1 Å². The van der Waals surface area contributed by atoms with Gasteiger partial charge in [-0.15, -0.1) is 0 Å². The number of fused-ring (bicyclic) bond motifs is 3. The highest BCUT2D eigenvalue weighted by Gasteiger charge is 2.35. The molecule has 0 bridgehead atoms. The van der Waals surface area contributed by atoms with Crippen molar-refractivity contribution in [2.75, 3.05) is 0 Å². The van der Waals surface area contributed by atoms with Crippen molar-refractivity contribution >= 4 is 45.4 Å². The minimum atomic E-state index is -1.18. The molecule has 4 rings (SSSR count). The van der Waals surface area contributed by atoms with E-state index in [0.717, 1.165) is 19.3 Å². The highest BCUT2D eigenvalue weighted by atomic mass is 35.5. The molecule has 2 unspecified atom stereocenters. The second-order valence-corrected chi connectivity index (χ2v) is 11.4. The van der Waals surface area contributed by atoms with E-state index >= 15 is 0 Å². The summed E-state index contributed by atoms with van der Waals surface area (Å²) in [6.45, 7) is 10.3. The molecule has 0 saturated heterocycles. The van der Waals surface area contributed by atoms with Gasteiger partial charge in [-0.3, -0.25) is 9.59 Å². The average molecular weight is 517 g/mol. The topological polar surface area (TPSA) is 115 Å². The monoisotopic (exact) mass is 516 g/mol. The summed E-state index contributed by atoms with van der Waals surface area (Å²) >= 11 is 6.54. The summed E-state index contributed by atoms with van der Waals surface area (Å²) < 4.78 is 12.4. The van der Waals surface area contributed by atoms with Crippen LogP contribution in [-0.2, 0) is 9.53 Å². The number of ether oxygens (including phenoxy) is 1. The summed E-state index contributed by atoms with van der Waals surface area (Å²) in [4.78, 5) is 39.0. The number of halogens is 1. The predicted molar refractivity (Wildman–Crippen MR) is 138 cm³/mol. The summed E-state index contributed by atoms with van der Waals surface area (Å²) in [6.07, 6.45) is 2.28. The highest BCUT2D eigenvalue weighted by Crippen LogP contribution is 2.35. The summed E-state index contributed by atoms with van der Waals surface area (Å²) in [7, 11) is 0. The molecule has 1 aromatic carbocycles. The zero-order valence-corrected chi connectivity index (χ0v) is 22.3. The number of carbonyl (C=O) groups is 2. The quantitative estimate of drug-likeness (QED) is 0.503. The molecule has 2 heterocycles. The van der Waals surface area contributed by atoms with Crippen LogP contribution in [0.15, 0.2) is 27.5 Å². The number of aromatic nitrogens is 2. The summed E-state index contributed by atoms with van der Waals surface area (Å²) in [5, 5.41) is 11.4. The number of alkyl carbamates (subject to hydrolysis) is 1. The Kier molecular flexibility index (Phi) is 6.81. The third-order valence-electron chi connectivity index (χ3n) is 6.51. The smallest absolute Gasteiger partial charge is 0.408 e. The van der Waals surface area contributed by atoms with E-state index in [-0.39, 0.29) is 23.6 Å². The van der Waals surface area contributed by atoms with Crippen molar-refractivity contribution in [3.8, 4) is 0 Å². The van der Waals surface area contributed by atoms with Crippen LogP contribution in [0.3, 0.4) is 0 Å². The fourth-order valence-corrected chi connectivity index (χ4v) is 5.10. The van der Waals surface area contributed by atoms with Crippen LogP contribution in [0, 0.1) is 6.92 Å². The molecule has 10 heteroatoms. The van der Waals surface area contributed by atoms with Crippen molar-refractivity contribution in [2.45, 2.75) is 90.4 Å². The van der Waals surface area contributed by atoms with E-state index in [2.05, 4.69) is 15.8 Å². The van der Waals surface area contributed by atoms with Crippen LogP contribution in [-0.4, -0.2) is 38.9 Å². The van der Waals surface area contributed by atoms with Gasteiger partial charge in [-0.1, -0.05) is 22.8 Å². The van der Waals surface area contributed by atoms with Crippen molar-refractivity contribution in [3.63, 3.8) is 0 Å². The molecule has 3 aromatic rings. The Morgan fingerprint density at radius 3 is 2.58 bits per heavy atom. The zero-order chi connectivity index (χ0) is 26.4. The molecule has 0 aliphatic heterocycles. The molecule has 9 nitrogen and oxygen atoms in total. The first-order valence-electron chi connectivity index (χ1n) is 12.2. The Morgan fingerprint density at radius 2 is 1.89 bits per heavy atom. The molecule has 0 spiro atoms. The second-order valence-electron chi connectivity index (χ2n) is 11.0. The maximum Gasteiger partial charge on any atom is 0.408 e. The SMILES string of the molecule is Cc1onc2c1c(=O)n(C1CCCC(NC(=O)C(C)(C)NC(=O)OC(C)(C)C)C1)c1cccc(Cl)c21. The van der Waals surface area contributed by atoms with E-state index < -0.39 is 17.2 Å². The van der Waals surface area contributed by atoms with Gasteiger partial charge in [0, 0.05) is 17.5 Å². The third-order valence-corrected chi connectivity index (χ3v) is 6.83. The number of rotatable bonds is 4. The molecule has 1 fully saturated rings. The van der Waals surface area contributed by atoms with Gasteiger partial charge < -0.3 is 24.5 Å². The number of benzene rings is 1. The van der Waals surface area contributed by atoms with Gasteiger partial charge in [0.1, 0.15) is 27.8 Å². The Hall–Kier alpha value is -3.07. The number of amides is 2. The number of pyridine rings is 1. The number of aryl methyl sites for hydroxylation is 1. The molecule has 0 radical (unpaired) electrons. The third kappa shape index (κ3) is 5.07. The van der Waals surface area contributed by atoms with Gasteiger partial charge in [0.15, 0.2) is 0 Å². The van der Waals surface area contributed by atoms with E-state index in [4.69, 9.17) is 20.9 Å². The standard InChI is InChI=1S/C26H33ClN4O5/c1-14-19-21(30-36-14)20-17(27)11-8-12-18(20)31(22(19)32)16-10-7-9-15(13-16)28-23(33)26(5,6)29-24(34)35-25(2,3)4/h8,11-12,15-16H,7,9-10,13H2,1-6H3,(H,28,33)(H,29,34). The largest absolute Gasteiger partial charge is 0.444 e. The lowest BCUT2D eigenvalue weighted by Crippen LogP contribution is -2.57. The molecule has 1 aliphatic carbocycles. The minimum Gasteiger partial charge on any atom is -0.444 e. The number of hydrogen-bond donors (Lipinski definition) is 2.